The van der Waals surface area contributed by atoms with Crippen molar-refractivity contribution in [3.63, 3.8) is 0 Å². The van der Waals surface area contributed by atoms with Crippen LogP contribution in [0.25, 0.3) is 0 Å². The summed E-state index contributed by atoms with van der Waals surface area (Å²) in [6.45, 7) is 22.9. The molecule has 2 nitrogen and oxygen atoms in total. The van der Waals surface area contributed by atoms with E-state index in [1.807, 2.05) is 0 Å². The average Bonchev–Trinajstić information content (AvgIpc) is 3.68. The van der Waals surface area contributed by atoms with E-state index < -0.39 is 0 Å². The maximum absolute atomic E-state index is 6.09. The summed E-state index contributed by atoms with van der Waals surface area (Å²) in [5.41, 5.74) is 14.9. The third-order valence-corrected chi connectivity index (χ3v) is 9.62. The molecule has 2 aliphatic rings. The molecule has 38 heavy (non-hydrogen) atoms. The van der Waals surface area contributed by atoms with Gasteiger partial charge >= 0.3 is 0 Å². The molecular weight excluding hydrogens is 464 g/mol. The Labute approximate surface area is 233 Å². The van der Waals surface area contributed by atoms with Crippen LogP contribution in [-0.4, -0.2) is 12.9 Å². The number of unbranched alkanes of at least 4 members (excludes halogenated alkanes) is 2. The van der Waals surface area contributed by atoms with Crippen LogP contribution in [0.5, 0.6) is 5.75 Å². The zero-order valence-electron chi connectivity index (χ0n) is 26.0. The Kier molecular flexibility index (Phi) is 10.5. The third kappa shape index (κ3) is 6.48. The Morgan fingerprint density at radius 3 is 1.84 bits per heavy atom. The summed E-state index contributed by atoms with van der Waals surface area (Å²) >= 11 is 0. The average molecular weight is 517 g/mol. The molecule has 2 heteroatoms. The van der Waals surface area contributed by atoms with E-state index in [1.165, 1.54) is 55.2 Å². The van der Waals surface area contributed by atoms with E-state index in [9.17, 15) is 0 Å². The molecule has 2 aromatic rings. The molecule has 1 saturated heterocycles. The van der Waals surface area contributed by atoms with Gasteiger partial charge in [0, 0.05) is 12.0 Å². The number of hydrogen-bond donors (Lipinski definition) is 0. The molecule has 2 aromatic carbocycles. The van der Waals surface area contributed by atoms with Crippen LogP contribution in [0.2, 0.25) is 0 Å². The first-order chi connectivity index (χ1) is 18.0. The molecule has 0 aromatic heterocycles. The lowest BCUT2D eigenvalue weighted by atomic mass is 9.87. The molecule has 2 fully saturated rings. The minimum Gasteiger partial charge on any atom is -0.464 e. The van der Waals surface area contributed by atoms with Crippen molar-refractivity contribution >= 4 is 0 Å². The molecule has 0 N–H and O–H groups in total. The van der Waals surface area contributed by atoms with Gasteiger partial charge in [-0.3, -0.25) is 0 Å². The van der Waals surface area contributed by atoms with Gasteiger partial charge in [0.15, 0.2) is 6.29 Å². The van der Waals surface area contributed by atoms with Gasteiger partial charge < -0.3 is 9.47 Å². The summed E-state index contributed by atoms with van der Waals surface area (Å²) in [5.74, 6) is 5.58. The minimum absolute atomic E-state index is 0.110. The molecule has 3 unspecified atom stereocenters. The quantitative estimate of drug-likeness (QED) is 0.269. The maximum atomic E-state index is 6.09. The Morgan fingerprint density at radius 1 is 0.763 bits per heavy atom. The highest BCUT2D eigenvalue weighted by molar-refractivity contribution is 5.59. The highest BCUT2D eigenvalue weighted by atomic mass is 16.7. The van der Waals surface area contributed by atoms with Crippen LogP contribution < -0.4 is 4.74 Å². The molecule has 0 bridgehead atoms. The van der Waals surface area contributed by atoms with Crippen molar-refractivity contribution in [3.05, 3.63) is 61.2 Å². The lowest BCUT2D eigenvalue weighted by Crippen LogP contribution is -2.26. The normalized spacial score (nSPS) is 20.4. The Bertz CT molecular complexity index is 1120. The first kappa shape index (κ1) is 30.3. The van der Waals surface area contributed by atoms with E-state index in [0.717, 1.165) is 64.9 Å². The zero-order valence-corrected chi connectivity index (χ0v) is 26.0. The van der Waals surface area contributed by atoms with Crippen LogP contribution in [0.15, 0.2) is 0 Å². The van der Waals surface area contributed by atoms with Gasteiger partial charge in [-0.05, 0) is 155 Å². The largest absolute Gasteiger partial charge is 0.464 e. The fourth-order valence-electron chi connectivity index (χ4n) is 6.27. The van der Waals surface area contributed by atoms with E-state index in [-0.39, 0.29) is 6.29 Å². The van der Waals surface area contributed by atoms with E-state index in [4.69, 9.17) is 15.9 Å². The van der Waals surface area contributed by atoms with Crippen molar-refractivity contribution in [2.75, 3.05) is 6.61 Å². The molecule has 1 aliphatic carbocycles. The molecule has 1 saturated carbocycles. The van der Waals surface area contributed by atoms with Gasteiger partial charge in [-0.25, -0.2) is 0 Å². The van der Waals surface area contributed by atoms with E-state index in [2.05, 4.69) is 75.2 Å². The summed E-state index contributed by atoms with van der Waals surface area (Å²) in [5, 5.41) is 0. The van der Waals surface area contributed by atoms with Crippen molar-refractivity contribution in [2.24, 2.45) is 5.92 Å². The summed E-state index contributed by atoms with van der Waals surface area (Å²) in [4.78, 5) is 0. The maximum Gasteiger partial charge on any atom is 0.199 e. The predicted molar refractivity (Wildman–Crippen MR) is 163 cm³/mol. The van der Waals surface area contributed by atoms with Crippen molar-refractivity contribution < 1.29 is 9.47 Å². The van der Waals surface area contributed by atoms with Crippen molar-refractivity contribution in [1.82, 2.24) is 0 Å². The zero-order chi connectivity index (χ0) is 28.1. The molecule has 4 rings (SSSR count). The van der Waals surface area contributed by atoms with Crippen molar-refractivity contribution in [1.29, 1.82) is 0 Å². The Balaban J connectivity index is 0.000000211. The second-order valence-electron chi connectivity index (χ2n) is 11.9. The highest BCUT2D eigenvalue weighted by Crippen LogP contribution is 2.53. The van der Waals surface area contributed by atoms with Gasteiger partial charge in [0.2, 0.25) is 0 Å². The second kappa shape index (κ2) is 13.2. The molecule has 0 spiro atoms. The summed E-state index contributed by atoms with van der Waals surface area (Å²) < 4.78 is 11.8. The van der Waals surface area contributed by atoms with Crippen molar-refractivity contribution in [2.45, 2.75) is 133 Å². The minimum atomic E-state index is -0.110. The van der Waals surface area contributed by atoms with Gasteiger partial charge in [-0.2, -0.15) is 0 Å². The van der Waals surface area contributed by atoms with Crippen LogP contribution >= 0.6 is 0 Å². The van der Waals surface area contributed by atoms with Gasteiger partial charge in [-0.1, -0.05) is 32.1 Å². The predicted octanol–water partition coefficient (Wildman–Crippen LogP) is 9.72. The van der Waals surface area contributed by atoms with Crippen LogP contribution in [0, 0.1) is 80.6 Å². The first-order valence-electron chi connectivity index (χ1n) is 15.0. The number of terminal acetylenes is 1. The summed E-state index contributed by atoms with van der Waals surface area (Å²) in [6, 6.07) is 0. The van der Waals surface area contributed by atoms with Gasteiger partial charge in [0.25, 0.3) is 0 Å². The fraction of sp³-hybridized carbons (Fsp3) is 0.611. The molecule has 0 radical (unpaired) electrons. The molecule has 0 amide bonds. The molecule has 208 valence electrons. The summed E-state index contributed by atoms with van der Waals surface area (Å²) in [7, 11) is 0. The molecular formula is C36H52O2. The van der Waals surface area contributed by atoms with Crippen LogP contribution in [0.3, 0.4) is 0 Å². The number of hydrogen-bond acceptors (Lipinski definition) is 2. The van der Waals surface area contributed by atoms with E-state index in [0.29, 0.717) is 0 Å². The fourth-order valence-corrected chi connectivity index (χ4v) is 6.27. The van der Waals surface area contributed by atoms with Gasteiger partial charge in [0.05, 0.1) is 6.61 Å². The third-order valence-electron chi connectivity index (χ3n) is 9.62. The number of ether oxygens (including phenoxy) is 2. The van der Waals surface area contributed by atoms with Crippen molar-refractivity contribution in [3.8, 4) is 18.1 Å². The van der Waals surface area contributed by atoms with E-state index in [1.54, 1.807) is 16.7 Å². The highest BCUT2D eigenvalue weighted by Gasteiger charge is 2.39. The Hall–Kier alpha value is -2.24. The van der Waals surface area contributed by atoms with Crippen LogP contribution in [0.1, 0.15) is 125 Å². The number of rotatable bonds is 7. The summed E-state index contributed by atoms with van der Waals surface area (Å²) in [6.07, 6.45) is 15.8. The lowest BCUT2D eigenvalue weighted by Gasteiger charge is -2.26. The van der Waals surface area contributed by atoms with Gasteiger partial charge in [-0.15, -0.1) is 6.42 Å². The molecule has 3 atom stereocenters. The Morgan fingerprint density at radius 2 is 1.34 bits per heavy atom. The first-order valence-corrected chi connectivity index (χ1v) is 15.0. The lowest BCUT2D eigenvalue weighted by molar-refractivity contribution is -0.106. The number of benzene rings is 2. The molecule has 1 heterocycles. The monoisotopic (exact) mass is 516 g/mol. The second-order valence-corrected chi connectivity index (χ2v) is 11.9. The SMILES string of the molecule is C#Cc1c(C)c(C)c(OC2CCCCO2)c(C)c1C.CCCCCC1CC1c1c(C)c(C)c(C)c(C)c1C. The van der Waals surface area contributed by atoms with Crippen LogP contribution in [0.4, 0.5) is 0 Å². The topological polar surface area (TPSA) is 18.5 Å². The van der Waals surface area contributed by atoms with Gasteiger partial charge in [0.1, 0.15) is 5.75 Å². The van der Waals surface area contributed by atoms with Crippen LogP contribution in [-0.2, 0) is 4.74 Å². The smallest absolute Gasteiger partial charge is 0.199 e. The van der Waals surface area contributed by atoms with E-state index >= 15 is 0 Å². The molecule has 1 aliphatic heterocycles. The standard InChI is InChI=1S/C19H30.C17H22O2/c1-7-8-9-10-17-11-18(17)19-15(5)13(3)12(2)14(4)16(19)6;1-6-15-11(2)13(4)17(14(5)12(15)3)19-16-9-7-8-10-18-16/h17-18H,7-11H2,1-6H3;1,16H,7-10H2,2-5H3.